The van der Waals surface area contributed by atoms with Crippen LogP contribution in [0.4, 0.5) is 0 Å². The molecule has 236 valence electrons. The summed E-state index contributed by atoms with van der Waals surface area (Å²) in [6, 6.07) is 31.1. The zero-order valence-corrected chi connectivity index (χ0v) is 27.8. The number of allylic oxidation sites excluding steroid dienone is 3. The van der Waals surface area contributed by atoms with E-state index in [1.54, 1.807) is 6.20 Å². The summed E-state index contributed by atoms with van der Waals surface area (Å²) in [5.74, 6) is 0.527. The van der Waals surface area contributed by atoms with Crippen LogP contribution >= 0.6 is 0 Å². The number of pyridine rings is 3. The molecule has 0 aliphatic rings. The molecule has 4 aromatic carbocycles. The van der Waals surface area contributed by atoms with Gasteiger partial charge in [0.2, 0.25) is 0 Å². The van der Waals surface area contributed by atoms with E-state index in [1.165, 1.54) is 50.7 Å². The van der Waals surface area contributed by atoms with Gasteiger partial charge < -0.3 is 5.73 Å². The fourth-order valence-corrected chi connectivity index (χ4v) is 7.33. The van der Waals surface area contributed by atoms with Gasteiger partial charge in [0.05, 0.1) is 0 Å². The van der Waals surface area contributed by atoms with Crippen LogP contribution in [0.3, 0.4) is 0 Å². The maximum absolute atomic E-state index is 6.38. The third kappa shape index (κ3) is 5.64. The molecule has 0 bridgehead atoms. The molecule has 0 spiro atoms. The van der Waals surface area contributed by atoms with E-state index in [4.69, 9.17) is 5.73 Å². The highest BCUT2D eigenvalue weighted by atomic mass is 14.6. The molecule has 0 radical (unpaired) electrons. The van der Waals surface area contributed by atoms with Gasteiger partial charge in [-0.3, -0.25) is 15.0 Å². The Balaban J connectivity index is 1.48. The highest BCUT2D eigenvalue weighted by Crippen LogP contribution is 2.42. The smallest absolute Gasteiger partial charge is 0.0352 e. The van der Waals surface area contributed by atoms with E-state index in [9.17, 15) is 0 Å². The Morgan fingerprint density at radius 2 is 1.25 bits per heavy atom. The average molecular weight is 625 g/mol. The Morgan fingerprint density at radius 3 is 1.96 bits per heavy atom. The Morgan fingerprint density at radius 1 is 0.604 bits per heavy atom. The summed E-state index contributed by atoms with van der Waals surface area (Å²) in [5, 5.41) is 7.46. The summed E-state index contributed by atoms with van der Waals surface area (Å²) in [6.07, 6.45) is 18.5. The van der Waals surface area contributed by atoms with E-state index in [2.05, 4.69) is 115 Å². The second-order valence-electron chi connectivity index (χ2n) is 12.4. The number of hydrogen-bond donors (Lipinski definition) is 1. The largest absolute Gasteiger partial charge is 0.404 e. The summed E-state index contributed by atoms with van der Waals surface area (Å²) < 4.78 is 0. The molecule has 0 amide bonds. The predicted octanol–water partition coefficient (Wildman–Crippen LogP) is 11.4. The Hall–Kier alpha value is -5.61. The number of benzene rings is 4. The van der Waals surface area contributed by atoms with Crippen molar-refractivity contribution < 1.29 is 0 Å². The van der Waals surface area contributed by atoms with Gasteiger partial charge in [-0.05, 0) is 139 Å². The lowest BCUT2D eigenvalue weighted by Gasteiger charge is -2.19. The van der Waals surface area contributed by atoms with Gasteiger partial charge in [0.15, 0.2) is 0 Å². The second kappa shape index (κ2) is 13.6. The molecule has 0 fully saturated rings. The molecular formula is C44H40N4. The van der Waals surface area contributed by atoms with Gasteiger partial charge in [-0.25, -0.2) is 0 Å². The summed E-state index contributed by atoms with van der Waals surface area (Å²) in [4.78, 5) is 13.0. The summed E-state index contributed by atoms with van der Waals surface area (Å²) in [5.41, 5.74) is 16.6. The molecular weight excluding hydrogens is 585 g/mol. The van der Waals surface area contributed by atoms with E-state index in [-0.39, 0.29) is 0 Å². The standard InChI is InChI=1S/C44H40N4/c1-4-7-29(5-2)32-8-11-39-40-26-34(44-28-48-23-18-36(44)31-16-21-47-22-17-31)10-13-37(40)38-12-9-33(25-42(38)41(39)24-32)43(27-45)35(6-3)30-14-19-46-20-15-30/h6,8-29H,4-5,7,45H2,1-3H3/b35-6-,43-27-. The number of aromatic nitrogens is 3. The van der Waals surface area contributed by atoms with Crippen LogP contribution in [0.25, 0.3) is 65.7 Å². The fraction of sp³-hybridized carbons (Fsp3) is 0.159. The summed E-state index contributed by atoms with van der Waals surface area (Å²) >= 11 is 0. The van der Waals surface area contributed by atoms with E-state index < -0.39 is 0 Å². The zero-order chi connectivity index (χ0) is 33.0. The predicted molar refractivity (Wildman–Crippen MR) is 203 cm³/mol. The molecule has 3 aromatic heterocycles. The van der Waals surface area contributed by atoms with E-state index >= 15 is 0 Å². The van der Waals surface area contributed by atoms with Crippen LogP contribution < -0.4 is 5.73 Å². The van der Waals surface area contributed by atoms with Crippen molar-refractivity contribution in [1.29, 1.82) is 0 Å². The fourth-order valence-electron chi connectivity index (χ4n) is 7.33. The third-order valence-corrected chi connectivity index (χ3v) is 9.73. The van der Waals surface area contributed by atoms with Crippen molar-refractivity contribution in [2.75, 3.05) is 0 Å². The summed E-state index contributed by atoms with van der Waals surface area (Å²) in [7, 11) is 0. The average Bonchev–Trinajstić information content (AvgIpc) is 3.16. The monoisotopic (exact) mass is 624 g/mol. The minimum Gasteiger partial charge on any atom is -0.404 e. The van der Waals surface area contributed by atoms with Crippen molar-refractivity contribution in [1.82, 2.24) is 15.0 Å². The van der Waals surface area contributed by atoms with Crippen molar-refractivity contribution in [3.8, 4) is 22.3 Å². The van der Waals surface area contributed by atoms with Crippen LogP contribution in [0.1, 0.15) is 62.6 Å². The van der Waals surface area contributed by atoms with Gasteiger partial charge in [0.25, 0.3) is 0 Å². The summed E-state index contributed by atoms with van der Waals surface area (Å²) in [6.45, 7) is 6.65. The molecule has 2 N–H and O–H groups in total. The molecule has 7 rings (SSSR count). The lowest BCUT2D eigenvalue weighted by molar-refractivity contribution is 0.596. The number of nitrogens with two attached hydrogens (primary N) is 1. The van der Waals surface area contributed by atoms with E-state index in [0.29, 0.717) is 5.92 Å². The molecule has 0 saturated heterocycles. The normalized spacial score (nSPS) is 13.0. The first-order valence-electron chi connectivity index (χ1n) is 16.9. The van der Waals surface area contributed by atoms with Crippen LogP contribution in [0, 0.1) is 0 Å². The second-order valence-corrected chi connectivity index (χ2v) is 12.4. The van der Waals surface area contributed by atoms with Gasteiger partial charge >= 0.3 is 0 Å². The van der Waals surface area contributed by atoms with Gasteiger partial charge in [-0.15, -0.1) is 0 Å². The number of fused-ring (bicyclic) bond motifs is 6. The lowest BCUT2D eigenvalue weighted by atomic mass is 9.85. The van der Waals surface area contributed by atoms with Gasteiger partial charge in [0.1, 0.15) is 0 Å². The number of hydrogen-bond acceptors (Lipinski definition) is 4. The molecule has 3 heterocycles. The first kappa shape index (κ1) is 31.0. The number of rotatable bonds is 9. The highest BCUT2D eigenvalue weighted by molar-refractivity contribution is 6.26. The van der Waals surface area contributed by atoms with Gasteiger partial charge in [0, 0.05) is 54.5 Å². The molecule has 4 heteroatoms. The molecule has 0 aliphatic carbocycles. The number of nitrogens with zero attached hydrogens (tertiary/aromatic N) is 3. The maximum Gasteiger partial charge on any atom is 0.0352 e. The van der Waals surface area contributed by atoms with Crippen molar-refractivity contribution >= 4 is 43.5 Å². The molecule has 4 nitrogen and oxygen atoms in total. The van der Waals surface area contributed by atoms with Gasteiger partial charge in [-0.2, -0.15) is 0 Å². The van der Waals surface area contributed by atoms with Crippen molar-refractivity contribution in [2.24, 2.45) is 5.73 Å². The quantitative estimate of drug-likeness (QED) is 0.128. The van der Waals surface area contributed by atoms with Crippen molar-refractivity contribution in [2.45, 2.75) is 46.0 Å². The van der Waals surface area contributed by atoms with E-state index in [1.807, 2.05) is 49.3 Å². The Kier molecular flexibility index (Phi) is 8.80. The minimum atomic E-state index is 0.527. The van der Waals surface area contributed by atoms with Crippen LogP contribution in [0.2, 0.25) is 0 Å². The Bertz CT molecular complexity index is 2300. The first-order chi connectivity index (χ1) is 23.6. The van der Waals surface area contributed by atoms with E-state index in [0.717, 1.165) is 50.9 Å². The van der Waals surface area contributed by atoms with Crippen molar-refractivity contribution in [3.63, 3.8) is 0 Å². The van der Waals surface area contributed by atoms with Crippen LogP contribution in [0.5, 0.6) is 0 Å². The third-order valence-electron chi connectivity index (χ3n) is 9.73. The molecule has 7 aromatic rings. The van der Waals surface area contributed by atoms with Crippen LogP contribution in [-0.2, 0) is 0 Å². The van der Waals surface area contributed by atoms with Crippen LogP contribution in [-0.4, -0.2) is 15.0 Å². The molecule has 48 heavy (non-hydrogen) atoms. The van der Waals surface area contributed by atoms with Gasteiger partial charge in [-0.1, -0.05) is 68.8 Å². The van der Waals surface area contributed by atoms with Crippen molar-refractivity contribution in [3.05, 3.63) is 151 Å². The first-order valence-corrected chi connectivity index (χ1v) is 16.9. The highest BCUT2D eigenvalue weighted by Gasteiger charge is 2.17. The lowest BCUT2D eigenvalue weighted by Crippen LogP contribution is -1.98. The minimum absolute atomic E-state index is 0.527. The SMILES string of the molecule is C/C=C(\C(=C/N)c1ccc2c3ccc(-c4cnccc4-c4ccncc4)cc3c3ccc(C(CC)CCC)cc3c2c1)c1ccncc1. The molecule has 0 aliphatic heterocycles. The topological polar surface area (TPSA) is 64.7 Å². The molecule has 1 atom stereocenters. The molecule has 1 unspecified atom stereocenters. The molecule has 0 saturated carbocycles. The Labute approximate surface area is 282 Å². The maximum atomic E-state index is 6.38. The van der Waals surface area contributed by atoms with Crippen LogP contribution in [0.15, 0.2) is 134 Å². The zero-order valence-electron chi connectivity index (χ0n) is 27.8.